The topological polar surface area (TPSA) is 26.3 Å². The van der Waals surface area contributed by atoms with E-state index in [1.54, 1.807) is 13.0 Å². The van der Waals surface area contributed by atoms with Crippen LogP contribution in [0.5, 0.6) is 0 Å². The lowest BCUT2D eigenvalue weighted by atomic mass is 10.2. The molecule has 0 heterocycles. The van der Waals surface area contributed by atoms with Gasteiger partial charge in [-0.1, -0.05) is 12.2 Å². The van der Waals surface area contributed by atoms with E-state index >= 15 is 0 Å². The second-order valence-corrected chi connectivity index (χ2v) is 4.53. The highest BCUT2D eigenvalue weighted by Crippen LogP contribution is 2.08. The molecule has 0 N–H and O–H groups in total. The normalized spacial score (nSPS) is 13.7. The van der Waals surface area contributed by atoms with Crippen LogP contribution in [0.1, 0.15) is 20.3 Å². The summed E-state index contributed by atoms with van der Waals surface area (Å²) in [6, 6.07) is 0. The molecule has 0 amide bonds. The molecule has 0 aliphatic rings. The molecule has 94 valence electrons. The first kappa shape index (κ1) is 17.6. The monoisotopic (exact) mass is 247 g/mol. The van der Waals surface area contributed by atoms with Crippen LogP contribution in [0.3, 0.4) is 0 Å². The quantitative estimate of drug-likeness (QED) is 0.207. The van der Waals surface area contributed by atoms with Gasteiger partial charge in [-0.15, -0.1) is 6.58 Å². The molecule has 0 aromatic heterocycles. The molecule has 0 bridgehead atoms. The molecule has 0 aliphatic heterocycles. The molecule has 0 saturated carbocycles. The molecule has 0 rings (SSSR count). The Kier molecular flexibility index (Phi) is 8.21. The summed E-state index contributed by atoms with van der Waals surface area (Å²) in [5.41, 5.74) is 0.634. The molecule has 0 aliphatic carbocycles. The number of halogens is 1. The van der Waals surface area contributed by atoms with Crippen LogP contribution in [0.15, 0.2) is 24.3 Å². The number of quaternary nitrogens is 1. The van der Waals surface area contributed by atoms with Gasteiger partial charge in [0.05, 0.1) is 21.1 Å². The SMILES string of the molecule is C=CCC=C(C)C(=O)OC(C)[N+](C)(C)C.[Cl-]. The van der Waals surface area contributed by atoms with Crippen molar-refractivity contribution in [2.45, 2.75) is 26.5 Å². The number of hydrogen-bond acceptors (Lipinski definition) is 2. The van der Waals surface area contributed by atoms with E-state index in [2.05, 4.69) is 6.58 Å². The molecule has 1 atom stereocenters. The van der Waals surface area contributed by atoms with Crippen molar-refractivity contribution in [1.29, 1.82) is 0 Å². The second kappa shape index (κ2) is 7.47. The number of esters is 1. The van der Waals surface area contributed by atoms with Crippen LogP contribution >= 0.6 is 0 Å². The summed E-state index contributed by atoms with van der Waals surface area (Å²) in [5.74, 6) is -0.252. The van der Waals surface area contributed by atoms with Gasteiger partial charge >= 0.3 is 5.97 Å². The molecule has 4 heteroatoms. The van der Waals surface area contributed by atoms with Gasteiger partial charge in [-0.3, -0.25) is 4.48 Å². The van der Waals surface area contributed by atoms with Gasteiger partial charge in [0.25, 0.3) is 0 Å². The molecule has 0 aromatic rings. The van der Waals surface area contributed by atoms with Gasteiger partial charge in [0.2, 0.25) is 6.23 Å². The fourth-order valence-electron chi connectivity index (χ4n) is 0.749. The zero-order valence-corrected chi connectivity index (χ0v) is 11.5. The van der Waals surface area contributed by atoms with Gasteiger partial charge in [0.1, 0.15) is 0 Å². The fraction of sp³-hybridized carbons (Fsp3) is 0.583. The zero-order chi connectivity index (χ0) is 12.1. The van der Waals surface area contributed by atoms with Gasteiger partial charge in [-0.25, -0.2) is 4.79 Å². The minimum atomic E-state index is -0.252. The van der Waals surface area contributed by atoms with Gasteiger partial charge in [-0.05, 0) is 13.3 Å². The van der Waals surface area contributed by atoms with Crippen LogP contribution in [-0.4, -0.2) is 37.8 Å². The Morgan fingerprint density at radius 2 is 1.94 bits per heavy atom. The van der Waals surface area contributed by atoms with Crippen LogP contribution in [0.2, 0.25) is 0 Å². The number of rotatable bonds is 5. The average Bonchev–Trinajstić information content (AvgIpc) is 2.12. The summed E-state index contributed by atoms with van der Waals surface area (Å²) in [4.78, 5) is 11.6. The van der Waals surface area contributed by atoms with Crippen molar-refractivity contribution in [3.63, 3.8) is 0 Å². The van der Waals surface area contributed by atoms with Crippen molar-refractivity contribution in [2.24, 2.45) is 0 Å². The van der Waals surface area contributed by atoms with Crippen molar-refractivity contribution in [1.82, 2.24) is 0 Å². The lowest BCUT2D eigenvalue weighted by Gasteiger charge is -2.30. The number of ether oxygens (including phenoxy) is 1. The summed E-state index contributed by atoms with van der Waals surface area (Å²) in [6.45, 7) is 7.24. The summed E-state index contributed by atoms with van der Waals surface area (Å²) in [7, 11) is 5.96. The number of allylic oxidation sites excluding steroid dienone is 2. The Morgan fingerprint density at radius 1 is 1.44 bits per heavy atom. The van der Waals surface area contributed by atoms with Crippen molar-refractivity contribution < 1.29 is 26.4 Å². The maximum Gasteiger partial charge on any atom is 0.337 e. The highest BCUT2D eigenvalue weighted by Gasteiger charge is 2.22. The molecular weight excluding hydrogens is 226 g/mol. The lowest BCUT2D eigenvalue weighted by molar-refractivity contribution is -0.914. The Balaban J connectivity index is 0. The first-order chi connectivity index (χ1) is 6.79. The van der Waals surface area contributed by atoms with Crippen molar-refractivity contribution in [2.75, 3.05) is 21.1 Å². The van der Waals surface area contributed by atoms with Crippen LogP contribution in [0.25, 0.3) is 0 Å². The maximum absolute atomic E-state index is 11.6. The Morgan fingerprint density at radius 3 is 2.31 bits per heavy atom. The Labute approximate surface area is 105 Å². The van der Waals surface area contributed by atoms with E-state index in [-0.39, 0.29) is 24.6 Å². The summed E-state index contributed by atoms with van der Waals surface area (Å²) in [6.07, 6.45) is 4.11. The molecule has 0 aromatic carbocycles. The Bertz CT molecular complexity index is 267. The highest BCUT2D eigenvalue weighted by molar-refractivity contribution is 5.87. The van der Waals surface area contributed by atoms with Gasteiger partial charge in [0, 0.05) is 12.5 Å². The third-order valence-corrected chi connectivity index (χ3v) is 2.28. The molecule has 1 unspecified atom stereocenters. The van der Waals surface area contributed by atoms with Crippen LogP contribution in [-0.2, 0) is 9.53 Å². The van der Waals surface area contributed by atoms with E-state index in [9.17, 15) is 4.79 Å². The van der Waals surface area contributed by atoms with Crippen LogP contribution < -0.4 is 12.4 Å². The molecule has 0 saturated heterocycles. The largest absolute Gasteiger partial charge is 1.00 e. The minimum Gasteiger partial charge on any atom is -1.00 e. The van der Waals surface area contributed by atoms with Gasteiger partial charge in [-0.2, -0.15) is 0 Å². The number of nitrogens with zero attached hydrogens (tertiary/aromatic N) is 1. The molecule has 16 heavy (non-hydrogen) atoms. The van der Waals surface area contributed by atoms with Crippen molar-refractivity contribution in [3.05, 3.63) is 24.3 Å². The lowest BCUT2D eigenvalue weighted by Crippen LogP contribution is -3.00. The van der Waals surface area contributed by atoms with E-state index < -0.39 is 0 Å². The predicted octanol–water partition coefficient (Wildman–Crippen LogP) is -0.892. The smallest absolute Gasteiger partial charge is 0.337 e. The summed E-state index contributed by atoms with van der Waals surface area (Å²) in [5, 5.41) is 0. The number of carbonyl (C=O) groups is 1. The number of hydrogen-bond donors (Lipinski definition) is 0. The zero-order valence-electron chi connectivity index (χ0n) is 10.8. The van der Waals surface area contributed by atoms with Crippen LogP contribution in [0, 0.1) is 0 Å². The van der Waals surface area contributed by atoms with E-state index in [4.69, 9.17) is 4.74 Å². The van der Waals surface area contributed by atoms with Crippen molar-refractivity contribution >= 4 is 5.97 Å². The minimum absolute atomic E-state index is 0. The molecule has 0 fully saturated rings. The van der Waals surface area contributed by atoms with E-state index in [1.807, 2.05) is 34.1 Å². The third kappa shape index (κ3) is 6.64. The van der Waals surface area contributed by atoms with Gasteiger partial charge in [0.15, 0.2) is 0 Å². The van der Waals surface area contributed by atoms with Crippen LogP contribution in [0.4, 0.5) is 0 Å². The third-order valence-electron chi connectivity index (χ3n) is 2.28. The van der Waals surface area contributed by atoms with E-state index in [0.717, 1.165) is 0 Å². The van der Waals surface area contributed by atoms with Gasteiger partial charge < -0.3 is 17.1 Å². The number of carbonyl (C=O) groups excluding carboxylic acids is 1. The van der Waals surface area contributed by atoms with Crippen molar-refractivity contribution in [3.8, 4) is 0 Å². The van der Waals surface area contributed by atoms with E-state index in [0.29, 0.717) is 16.5 Å². The van der Waals surface area contributed by atoms with E-state index in [1.165, 1.54) is 0 Å². The summed E-state index contributed by atoms with van der Waals surface area (Å²) < 4.78 is 5.90. The molecule has 0 radical (unpaired) electrons. The maximum atomic E-state index is 11.6. The Hall–Kier alpha value is -0.800. The average molecular weight is 248 g/mol. The fourth-order valence-corrected chi connectivity index (χ4v) is 0.749. The standard InChI is InChI=1S/C12H22NO2.ClH/c1-7-8-9-10(2)12(14)15-11(3)13(4,5)6;/h7,9,11H,1,8H2,2-6H3;1H/q+1;/p-1. The molecular formula is C12H22ClNO2. The highest BCUT2D eigenvalue weighted by atomic mass is 35.5. The molecule has 3 nitrogen and oxygen atoms in total. The molecule has 0 spiro atoms. The summed E-state index contributed by atoms with van der Waals surface area (Å²) >= 11 is 0. The first-order valence-electron chi connectivity index (χ1n) is 5.08. The first-order valence-corrected chi connectivity index (χ1v) is 5.08. The second-order valence-electron chi connectivity index (χ2n) is 4.53. The predicted molar refractivity (Wildman–Crippen MR) is 62.2 cm³/mol.